The fourth-order valence-corrected chi connectivity index (χ4v) is 4.19. The molecule has 0 radical (unpaired) electrons. The maximum Gasteiger partial charge on any atom is 0.254 e. The number of benzene rings is 2. The fraction of sp³-hybridized carbons (Fsp3) is 0.261. The third kappa shape index (κ3) is 4.33. The fourth-order valence-electron chi connectivity index (χ4n) is 3.48. The van der Waals surface area contributed by atoms with Gasteiger partial charge in [0.25, 0.3) is 5.91 Å². The zero-order valence-electron chi connectivity index (χ0n) is 15.6. The second-order valence-electron chi connectivity index (χ2n) is 7.03. The molecule has 28 heavy (non-hydrogen) atoms. The van der Waals surface area contributed by atoms with E-state index in [2.05, 4.69) is 0 Å². The highest BCUT2D eigenvalue weighted by Crippen LogP contribution is 2.23. The number of carbonyl (C=O) groups is 1. The summed E-state index contributed by atoms with van der Waals surface area (Å²) in [4.78, 5) is 15.1. The summed E-state index contributed by atoms with van der Waals surface area (Å²) in [5.41, 5.74) is 4.87. The monoisotopic (exact) mass is 393 g/mol. The number of ether oxygens (including phenoxy) is 1. The van der Waals surface area contributed by atoms with Gasteiger partial charge in [-0.05, 0) is 57.6 Å². The van der Waals surface area contributed by atoms with Crippen LogP contribution in [0.1, 0.15) is 38.7 Å². The minimum Gasteiger partial charge on any atom is -0.387 e. The van der Waals surface area contributed by atoms with Gasteiger partial charge in [-0.3, -0.25) is 4.79 Å². The first kappa shape index (κ1) is 18.9. The molecule has 0 spiro atoms. The predicted molar refractivity (Wildman–Crippen MR) is 110 cm³/mol. The van der Waals surface area contributed by atoms with Crippen molar-refractivity contribution in [3.8, 4) is 0 Å². The summed E-state index contributed by atoms with van der Waals surface area (Å²) in [5, 5.41) is 14.5. The molecule has 3 aromatic rings. The van der Waals surface area contributed by atoms with E-state index in [1.165, 1.54) is 5.56 Å². The lowest BCUT2D eigenvalue weighted by Crippen LogP contribution is -2.34. The molecule has 1 N–H and O–H groups in total. The normalized spacial score (nSPS) is 14.3. The zero-order valence-corrected chi connectivity index (χ0v) is 16.4. The molecular formula is C23H23NO3S. The van der Waals surface area contributed by atoms with Crippen molar-refractivity contribution < 1.29 is 14.6 Å². The highest BCUT2D eigenvalue weighted by molar-refractivity contribution is 7.07. The van der Waals surface area contributed by atoms with Crippen LogP contribution in [0.15, 0.2) is 65.4 Å². The van der Waals surface area contributed by atoms with Crippen LogP contribution in [0.5, 0.6) is 0 Å². The summed E-state index contributed by atoms with van der Waals surface area (Å²) in [6.07, 6.45) is 0.122. The molecule has 1 atom stereocenters. The van der Waals surface area contributed by atoms with Crippen LogP contribution >= 0.6 is 11.3 Å². The first-order valence-electron chi connectivity index (χ1n) is 9.43. The Hall–Kier alpha value is -2.47. The Morgan fingerprint density at radius 1 is 1.14 bits per heavy atom. The van der Waals surface area contributed by atoms with Crippen molar-refractivity contribution in [1.82, 2.24) is 4.90 Å². The number of hydrogen-bond acceptors (Lipinski definition) is 4. The summed E-state index contributed by atoms with van der Waals surface area (Å²) >= 11 is 1.54. The molecule has 0 aliphatic carbocycles. The topological polar surface area (TPSA) is 49.8 Å². The molecule has 144 valence electrons. The molecule has 1 aromatic heterocycles. The van der Waals surface area contributed by atoms with Gasteiger partial charge < -0.3 is 14.7 Å². The highest BCUT2D eigenvalue weighted by atomic mass is 32.1. The lowest BCUT2D eigenvalue weighted by atomic mass is 9.99. The zero-order chi connectivity index (χ0) is 19.3. The lowest BCUT2D eigenvalue weighted by Gasteiger charge is -2.26. The molecule has 4 rings (SSSR count). The van der Waals surface area contributed by atoms with Crippen molar-refractivity contribution in [1.29, 1.82) is 0 Å². The first-order valence-corrected chi connectivity index (χ1v) is 10.4. The van der Waals surface area contributed by atoms with Crippen molar-refractivity contribution >= 4 is 17.2 Å². The van der Waals surface area contributed by atoms with E-state index in [0.29, 0.717) is 25.3 Å². The molecule has 1 aliphatic rings. The molecule has 0 saturated heterocycles. The standard InChI is InChI=1S/C23H23NO3S/c25-22(21-9-11-28-16-21)14-24(13-17-4-2-1-3-5-17)23(26)19-6-7-20-15-27-10-8-18(20)12-19/h1-7,9,11-12,16,22,25H,8,10,13-15H2. The van der Waals surface area contributed by atoms with E-state index in [1.807, 2.05) is 65.4 Å². The average Bonchev–Trinajstić information content (AvgIpc) is 3.28. The maximum absolute atomic E-state index is 13.3. The van der Waals surface area contributed by atoms with E-state index in [-0.39, 0.29) is 12.5 Å². The van der Waals surface area contributed by atoms with Crippen molar-refractivity contribution in [3.05, 3.63) is 93.2 Å². The molecular weight excluding hydrogens is 370 g/mol. The Labute approximate surface area is 169 Å². The van der Waals surface area contributed by atoms with Gasteiger partial charge >= 0.3 is 0 Å². The van der Waals surface area contributed by atoms with Crippen molar-refractivity contribution in [3.63, 3.8) is 0 Å². The van der Waals surface area contributed by atoms with E-state index in [1.54, 1.807) is 16.2 Å². The van der Waals surface area contributed by atoms with Crippen LogP contribution in [0.25, 0.3) is 0 Å². The summed E-state index contributed by atoms with van der Waals surface area (Å²) in [6.45, 7) is 2.01. The van der Waals surface area contributed by atoms with Crippen molar-refractivity contribution in [2.45, 2.75) is 25.7 Å². The Balaban J connectivity index is 1.59. The van der Waals surface area contributed by atoms with Gasteiger partial charge in [-0.15, -0.1) is 0 Å². The smallest absolute Gasteiger partial charge is 0.254 e. The number of hydrogen-bond donors (Lipinski definition) is 1. The predicted octanol–water partition coefficient (Wildman–Crippen LogP) is 4.20. The molecule has 0 saturated carbocycles. The molecule has 4 nitrogen and oxygen atoms in total. The van der Waals surface area contributed by atoms with Crippen LogP contribution < -0.4 is 0 Å². The Kier molecular flexibility index (Phi) is 5.86. The summed E-state index contributed by atoms with van der Waals surface area (Å²) < 4.78 is 5.49. The summed E-state index contributed by atoms with van der Waals surface area (Å²) in [6, 6.07) is 17.6. The van der Waals surface area contributed by atoms with Crippen LogP contribution in [0.3, 0.4) is 0 Å². The third-order valence-corrected chi connectivity index (χ3v) is 5.75. The number of aliphatic hydroxyl groups is 1. The van der Waals surface area contributed by atoms with Crippen LogP contribution in [-0.4, -0.2) is 29.1 Å². The van der Waals surface area contributed by atoms with Crippen LogP contribution in [0, 0.1) is 0 Å². The molecule has 1 amide bonds. The minimum absolute atomic E-state index is 0.0626. The van der Waals surface area contributed by atoms with E-state index in [4.69, 9.17) is 4.74 Å². The van der Waals surface area contributed by atoms with Gasteiger partial charge in [-0.25, -0.2) is 0 Å². The van der Waals surface area contributed by atoms with Gasteiger partial charge in [0.05, 0.1) is 25.9 Å². The third-order valence-electron chi connectivity index (χ3n) is 5.05. The quantitative estimate of drug-likeness (QED) is 0.683. The molecule has 2 aromatic carbocycles. The summed E-state index contributed by atoms with van der Waals surface area (Å²) in [7, 11) is 0. The van der Waals surface area contributed by atoms with Gasteiger partial charge in [0.15, 0.2) is 0 Å². The number of aliphatic hydroxyl groups excluding tert-OH is 1. The van der Waals surface area contributed by atoms with E-state index in [0.717, 1.165) is 23.1 Å². The van der Waals surface area contributed by atoms with Gasteiger partial charge in [0.1, 0.15) is 0 Å². The second kappa shape index (κ2) is 8.69. The second-order valence-corrected chi connectivity index (χ2v) is 7.81. The Bertz CT molecular complexity index is 924. The number of thiophene rings is 1. The Morgan fingerprint density at radius 2 is 2.00 bits per heavy atom. The van der Waals surface area contributed by atoms with Gasteiger partial charge in [-0.2, -0.15) is 11.3 Å². The molecule has 1 aliphatic heterocycles. The SMILES string of the molecule is O=C(c1ccc2c(c1)CCOC2)N(Cc1ccccc1)CC(O)c1ccsc1. The summed E-state index contributed by atoms with van der Waals surface area (Å²) in [5.74, 6) is -0.0626. The van der Waals surface area contributed by atoms with Crippen LogP contribution in [-0.2, 0) is 24.3 Å². The minimum atomic E-state index is -0.704. The molecule has 0 bridgehead atoms. The highest BCUT2D eigenvalue weighted by Gasteiger charge is 2.22. The van der Waals surface area contributed by atoms with Gasteiger partial charge in [0, 0.05) is 12.1 Å². The van der Waals surface area contributed by atoms with Crippen molar-refractivity contribution in [2.75, 3.05) is 13.2 Å². The number of rotatable bonds is 6. The average molecular weight is 394 g/mol. The van der Waals surface area contributed by atoms with E-state index >= 15 is 0 Å². The molecule has 1 unspecified atom stereocenters. The number of carbonyl (C=O) groups excluding carboxylic acids is 1. The van der Waals surface area contributed by atoms with Crippen LogP contribution in [0.4, 0.5) is 0 Å². The molecule has 0 fully saturated rings. The van der Waals surface area contributed by atoms with Crippen molar-refractivity contribution in [2.24, 2.45) is 0 Å². The molecule has 5 heteroatoms. The molecule has 2 heterocycles. The van der Waals surface area contributed by atoms with Gasteiger partial charge in [0.2, 0.25) is 0 Å². The van der Waals surface area contributed by atoms with Crippen LogP contribution in [0.2, 0.25) is 0 Å². The number of fused-ring (bicyclic) bond motifs is 1. The van der Waals surface area contributed by atoms with E-state index in [9.17, 15) is 9.90 Å². The lowest BCUT2D eigenvalue weighted by molar-refractivity contribution is 0.0603. The Morgan fingerprint density at radius 3 is 2.79 bits per heavy atom. The maximum atomic E-state index is 13.3. The first-order chi connectivity index (χ1) is 13.7. The van der Waals surface area contributed by atoms with Gasteiger partial charge in [-0.1, -0.05) is 36.4 Å². The number of amides is 1. The number of nitrogens with zero attached hydrogens (tertiary/aromatic N) is 1. The largest absolute Gasteiger partial charge is 0.387 e. The van der Waals surface area contributed by atoms with E-state index < -0.39 is 6.10 Å².